The van der Waals surface area contributed by atoms with Gasteiger partial charge in [-0.05, 0) is 34.9 Å². The smallest absolute Gasteiger partial charge is 0.323 e. The molecule has 0 aliphatic carbocycles. The van der Waals surface area contributed by atoms with Crippen molar-refractivity contribution >= 4 is 22.4 Å². The summed E-state index contributed by atoms with van der Waals surface area (Å²) in [5, 5.41) is 22.6. The molecule has 1 N–H and O–H groups in total. The monoisotopic (exact) mass is 339 g/mol. The number of nitro groups is 1. The molecular weight excluding hydrogens is 322 g/mol. The largest absolute Gasteiger partial charge is 0.356 e. The maximum absolute atomic E-state index is 11.7. The molecule has 8 heteroatoms. The average molecular weight is 339 g/mol. The summed E-state index contributed by atoms with van der Waals surface area (Å²) in [6.07, 6.45) is 0. The highest BCUT2D eigenvalue weighted by atomic mass is 16.6. The molecule has 4 rings (SSSR count). The van der Waals surface area contributed by atoms with Gasteiger partial charge in [-0.1, -0.05) is 29.8 Å². The van der Waals surface area contributed by atoms with E-state index in [0.29, 0.717) is 17.7 Å². The van der Waals surface area contributed by atoms with Crippen molar-refractivity contribution in [1.82, 2.24) is 15.6 Å². The average Bonchev–Trinajstić information content (AvgIpc) is 3.09. The summed E-state index contributed by atoms with van der Waals surface area (Å²) in [6, 6.07) is 11.7. The minimum atomic E-state index is -0.406. The van der Waals surface area contributed by atoms with Gasteiger partial charge in [-0.25, -0.2) is 4.63 Å². The predicted octanol–water partition coefficient (Wildman–Crippen LogP) is 2.59. The Balaban J connectivity index is 1.85. The van der Waals surface area contributed by atoms with Gasteiger partial charge in [0.25, 0.3) is 0 Å². The van der Waals surface area contributed by atoms with Crippen molar-refractivity contribution < 1.29 is 9.55 Å². The highest BCUT2D eigenvalue weighted by Crippen LogP contribution is 2.38. The number of benzene rings is 2. The first kappa shape index (κ1) is 15.5. The maximum atomic E-state index is 11.7. The second kappa shape index (κ2) is 6.14. The molecule has 0 saturated carbocycles. The Morgan fingerprint density at radius 1 is 1.32 bits per heavy atom. The van der Waals surface area contributed by atoms with Crippen LogP contribution in [0.3, 0.4) is 0 Å². The second-order valence-corrected chi connectivity index (χ2v) is 6.15. The van der Waals surface area contributed by atoms with Crippen LogP contribution in [0.2, 0.25) is 0 Å². The summed E-state index contributed by atoms with van der Waals surface area (Å²) in [6.45, 7) is 4.18. The van der Waals surface area contributed by atoms with Crippen molar-refractivity contribution in [3.05, 3.63) is 57.6 Å². The van der Waals surface area contributed by atoms with Crippen LogP contribution in [0.5, 0.6) is 0 Å². The summed E-state index contributed by atoms with van der Waals surface area (Å²) in [5.41, 5.74) is 3.34. The van der Waals surface area contributed by atoms with Crippen LogP contribution in [0.4, 0.5) is 11.4 Å². The van der Waals surface area contributed by atoms with Gasteiger partial charge in [0.15, 0.2) is 0 Å². The number of nitro benzene ring substituents is 1. The van der Waals surface area contributed by atoms with Crippen molar-refractivity contribution in [2.45, 2.75) is 13.0 Å². The van der Waals surface area contributed by atoms with E-state index in [9.17, 15) is 10.1 Å². The van der Waals surface area contributed by atoms with Gasteiger partial charge >= 0.3 is 5.69 Å². The molecule has 2 heterocycles. The third-order valence-electron chi connectivity index (χ3n) is 4.54. The Labute approximate surface area is 143 Å². The third-order valence-corrected chi connectivity index (χ3v) is 4.54. The van der Waals surface area contributed by atoms with E-state index < -0.39 is 4.92 Å². The molecule has 1 atom stereocenters. The van der Waals surface area contributed by atoms with Gasteiger partial charge < -0.3 is 10.2 Å². The van der Waals surface area contributed by atoms with E-state index in [1.165, 1.54) is 0 Å². The zero-order valence-electron chi connectivity index (χ0n) is 13.7. The fourth-order valence-electron chi connectivity index (χ4n) is 3.41. The molecule has 1 aliphatic heterocycles. The minimum Gasteiger partial charge on any atom is -0.356 e. The van der Waals surface area contributed by atoms with Crippen molar-refractivity contribution in [3.8, 4) is 0 Å². The fraction of sp³-hybridized carbons (Fsp3) is 0.294. The zero-order valence-corrected chi connectivity index (χ0v) is 13.7. The van der Waals surface area contributed by atoms with E-state index in [1.54, 1.807) is 12.1 Å². The highest BCUT2D eigenvalue weighted by molar-refractivity contribution is 5.91. The zero-order chi connectivity index (χ0) is 17.4. The van der Waals surface area contributed by atoms with Gasteiger partial charge in [0.1, 0.15) is 11.2 Å². The van der Waals surface area contributed by atoms with Gasteiger partial charge in [0, 0.05) is 19.6 Å². The molecule has 0 radical (unpaired) electrons. The number of fused-ring (bicyclic) bond motifs is 1. The minimum absolute atomic E-state index is 0.00432. The molecule has 0 amide bonds. The van der Waals surface area contributed by atoms with E-state index in [4.69, 9.17) is 0 Å². The Kier molecular flexibility index (Phi) is 3.81. The Morgan fingerprint density at radius 2 is 2.20 bits per heavy atom. The molecule has 2 aromatic carbocycles. The van der Waals surface area contributed by atoms with Crippen LogP contribution in [-0.2, 0) is 0 Å². The number of aromatic nitrogens is 2. The summed E-state index contributed by atoms with van der Waals surface area (Å²) in [5.74, 6) is 0. The summed E-state index contributed by atoms with van der Waals surface area (Å²) in [4.78, 5) is 13.4. The molecule has 0 spiro atoms. The first-order valence-corrected chi connectivity index (χ1v) is 8.09. The lowest BCUT2D eigenvalue weighted by atomic mass is 10.00. The van der Waals surface area contributed by atoms with Crippen LogP contribution >= 0.6 is 0 Å². The predicted molar refractivity (Wildman–Crippen MR) is 92.6 cm³/mol. The second-order valence-electron chi connectivity index (χ2n) is 6.15. The number of aryl methyl sites for hydroxylation is 1. The summed E-state index contributed by atoms with van der Waals surface area (Å²) < 4.78 is 4.69. The molecule has 25 heavy (non-hydrogen) atoms. The molecule has 1 aliphatic rings. The molecule has 8 nitrogen and oxygen atoms in total. The molecule has 1 saturated heterocycles. The molecule has 3 aromatic rings. The molecule has 1 aromatic heterocycles. The van der Waals surface area contributed by atoms with Gasteiger partial charge in [0.2, 0.25) is 5.52 Å². The van der Waals surface area contributed by atoms with Crippen molar-refractivity contribution in [2.24, 2.45) is 0 Å². The van der Waals surface area contributed by atoms with E-state index >= 15 is 0 Å². The standard InChI is InChI=1S/C17H17N5O3/c1-11-3-2-4-12(9-11)15-10-18-7-8-21(15)14-6-5-13-16(20-25-19-13)17(14)22(23)24/h2-6,9,15,18H,7-8,10H2,1H3. The lowest BCUT2D eigenvalue weighted by Gasteiger charge is -2.38. The van der Waals surface area contributed by atoms with Crippen LogP contribution in [0.1, 0.15) is 17.2 Å². The van der Waals surface area contributed by atoms with Crippen molar-refractivity contribution in [2.75, 3.05) is 24.5 Å². The Bertz CT molecular complexity index is 939. The van der Waals surface area contributed by atoms with Gasteiger partial charge in [-0.2, -0.15) is 0 Å². The maximum Gasteiger partial charge on any atom is 0.323 e. The molecule has 128 valence electrons. The van der Waals surface area contributed by atoms with Crippen LogP contribution in [-0.4, -0.2) is 34.9 Å². The van der Waals surface area contributed by atoms with E-state index in [0.717, 1.165) is 24.2 Å². The highest BCUT2D eigenvalue weighted by Gasteiger charge is 2.32. The SMILES string of the molecule is Cc1cccc(C2CNCCN2c2ccc3nonc3c2[N+](=O)[O-])c1. The van der Waals surface area contributed by atoms with E-state index in [-0.39, 0.29) is 17.2 Å². The third kappa shape index (κ3) is 2.70. The number of anilines is 1. The molecular formula is C17H17N5O3. The van der Waals surface area contributed by atoms with Crippen LogP contribution < -0.4 is 10.2 Å². The van der Waals surface area contributed by atoms with E-state index in [2.05, 4.69) is 37.3 Å². The molecule has 1 fully saturated rings. The number of piperazine rings is 1. The normalized spacial score (nSPS) is 17.8. The van der Waals surface area contributed by atoms with Gasteiger partial charge in [-0.3, -0.25) is 10.1 Å². The van der Waals surface area contributed by atoms with Crippen LogP contribution in [0.15, 0.2) is 41.0 Å². The topological polar surface area (TPSA) is 97.3 Å². The van der Waals surface area contributed by atoms with Crippen molar-refractivity contribution in [3.63, 3.8) is 0 Å². The first-order valence-electron chi connectivity index (χ1n) is 8.09. The number of hydrogen-bond acceptors (Lipinski definition) is 7. The van der Waals surface area contributed by atoms with Crippen LogP contribution in [0, 0.1) is 17.0 Å². The summed E-state index contributed by atoms with van der Waals surface area (Å²) >= 11 is 0. The number of rotatable bonds is 3. The quantitative estimate of drug-likeness (QED) is 0.578. The lowest BCUT2D eigenvalue weighted by molar-refractivity contribution is -0.382. The van der Waals surface area contributed by atoms with E-state index in [1.807, 2.05) is 19.1 Å². The van der Waals surface area contributed by atoms with Gasteiger partial charge in [-0.15, -0.1) is 0 Å². The Hall–Kier alpha value is -3.00. The van der Waals surface area contributed by atoms with Crippen molar-refractivity contribution in [1.29, 1.82) is 0 Å². The number of nitrogens with zero attached hydrogens (tertiary/aromatic N) is 4. The number of hydrogen-bond donors (Lipinski definition) is 1. The van der Waals surface area contributed by atoms with Crippen LogP contribution in [0.25, 0.3) is 11.0 Å². The molecule has 0 bridgehead atoms. The lowest BCUT2D eigenvalue weighted by Crippen LogP contribution is -2.46. The number of nitrogens with one attached hydrogen (secondary N) is 1. The fourth-order valence-corrected chi connectivity index (χ4v) is 3.41. The molecule has 1 unspecified atom stereocenters. The van der Waals surface area contributed by atoms with Gasteiger partial charge in [0.05, 0.1) is 11.0 Å². The first-order chi connectivity index (χ1) is 12.1. The Morgan fingerprint density at radius 3 is 3.00 bits per heavy atom. The summed E-state index contributed by atoms with van der Waals surface area (Å²) in [7, 11) is 0.